The van der Waals surface area contributed by atoms with Gasteiger partial charge in [-0.05, 0) is 0 Å². The molecule has 224 valence electrons. The average molecular weight is 661 g/mol. The van der Waals surface area contributed by atoms with Crippen molar-refractivity contribution in [1.29, 1.82) is 0 Å². The summed E-state index contributed by atoms with van der Waals surface area (Å²) in [6, 6.07) is 18.4. The van der Waals surface area contributed by atoms with E-state index in [1.54, 1.807) is 41.8 Å². The van der Waals surface area contributed by atoms with E-state index < -0.39 is 34.7 Å². The molecule has 8 nitrogen and oxygen atoms in total. The van der Waals surface area contributed by atoms with Crippen molar-refractivity contribution in [3.05, 3.63) is 93.3 Å². The fourth-order valence-electron chi connectivity index (χ4n) is 6.47. The van der Waals surface area contributed by atoms with E-state index in [9.17, 15) is 23.1 Å². The molecular weight excluding hydrogens is 625 g/mol. The van der Waals surface area contributed by atoms with E-state index in [0.717, 1.165) is 39.0 Å². The van der Waals surface area contributed by atoms with E-state index in [2.05, 4.69) is 17.6 Å². The van der Waals surface area contributed by atoms with Gasteiger partial charge in [0.15, 0.2) is 0 Å². The fourth-order valence-corrected chi connectivity index (χ4v) is 13.2. The first-order valence-electron chi connectivity index (χ1n) is 14.8. The fraction of sp³-hybridized carbons (Fsp3) is 0.364. The Balaban J connectivity index is 1.31. The summed E-state index contributed by atoms with van der Waals surface area (Å²) in [5.41, 5.74) is 2.81. The summed E-state index contributed by atoms with van der Waals surface area (Å²) >= 11 is -2.37. The quantitative estimate of drug-likeness (QED) is 0.171. The van der Waals surface area contributed by atoms with E-state index in [1.165, 1.54) is 0 Å². The molecule has 0 spiro atoms. The zero-order valence-corrected chi connectivity index (χ0v) is 27.6. The number of rotatable bonds is 9. The maximum atomic E-state index is 13.7. The van der Waals surface area contributed by atoms with Gasteiger partial charge in [-0.2, -0.15) is 0 Å². The Bertz CT molecular complexity index is 1920. The number of ether oxygens (including phenoxy) is 1. The van der Waals surface area contributed by atoms with Crippen molar-refractivity contribution in [2.75, 3.05) is 5.75 Å². The van der Waals surface area contributed by atoms with Crippen LogP contribution in [0.1, 0.15) is 42.0 Å². The second-order valence-electron chi connectivity index (χ2n) is 12.4. The van der Waals surface area contributed by atoms with Crippen molar-refractivity contribution in [1.82, 2.24) is 9.55 Å². The number of sulfone groups is 1. The van der Waals surface area contributed by atoms with Crippen molar-refractivity contribution in [3.8, 4) is 11.4 Å². The third-order valence-electron chi connectivity index (χ3n) is 9.13. The first-order valence-corrected chi connectivity index (χ1v) is 23.6. The van der Waals surface area contributed by atoms with Gasteiger partial charge in [-0.25, -0.2) is 0 Å². The van der Waals surface area contributed by atoms with E-state index >= 15 is 0 Å². The van der Waals surface area contributed by atoms with Crippen LogP contribution in [0, 0.1) is 0 Å². The van der Waals surface area contributed by atoms with Crippen LogP contribution in [-0.2, 0) is 44.5 Å². The molecule has 6 rings (SSSR count). The standard InChI is InChI=1S/C33H36GeN2O6S/c1-4-33(39)27-19-29-30-25(20-36(29)31(37)26(27)21-42-32(33)38)23(24-13-8-9-14-28(24)35-30)15-17-34(2,3)16-10-18-43(40,41)22-11-6-5-7-12-22/h5-9,11-14,19,39H,4,10,15-18,20-21H2,1-3H3/t33-/m0/s1. The van der Waals surface area contributed by atoms with Crippen molar-refractivity contribution >= 4 is 40.0 Å². The SMILES string of the molecule is CC[C@@]1(O)C(=O)OCc2c1cc1n(c2=O)Cc2c-1nc1ccccc1c2C[CH2][Ge]([CH3])([CH3])[CH2]CCS(=O)(=O)c1ccccc1. The summed E-state index contributed by atoms with van der Waals surface area (Å²) < 4.78 is 32.6. The third-order valence-corrected chi connectivity index (χ3v) is 17.9. The summed E-state index contributed by atoms with van der Waals surface area (Å²) in [5.74, 6) is 4.13. The number of carbonyl (C=O) groups is 1. The molecule has 4 heterocycles. The number of hydrogen-bond acceptors (Lipinski definition) is 7. The van der Waals surface area contributed by atoms with Gasteiger partial charge in [-0.15, -0.1) is 0 Å². The van der Waals surface area contributed by atoms with Crippen molar-refractivity contribution < 1.29 is 23.1 Å². The van der Waals surface area contributed by atoms with Crippen LogP contribution in [-0.4, -0.2) is 48.1 Å². The Morgan fingerprint density at radius 3 is 2.49 bits per heavy atom. The molecule has 0 unspecified atom stereocenters. The number of hydrogen-bond donors (Lipinski definition) is 1. The van der Waals surface area contributed by atoms with Crippen LogP contribution in [0.15, 0.2) is 70.4 Å². The van der Waals surface area contributed by atoms with Crippen LogP contribution >= 0.6 is 0 Å². The predicted molar refractivity (Wildman–Crippen MR) is 168 cm³/mol. The molecule has 2 aliphatic heterocycles. The Kier molecular flexibility index (Phi) is 7.63. The van der Waals surface area contributed by atoms with Gasteiger partial charge in [-0.3, -0.25) is 0 Å². The molecule has 1 atom stereocenters. The molecule has 0 aliphatic carbocycles. The Morgan fingerprint density at radius 1 is 1.02 bits per heavy atom. The molecule has 43 heavy (non-hydrogen) atoms. The summed E-state index contributed by atoms with van der Waals surface area (Å²) in [5, 5.41) is 14.2. The number of fused-ring (bicyclic) bond motifs is 5. The molecule has 1 N–H and O–H groups in total. The summed E-state index contributed by atoms with van der Waals surface area (Å²) in [6.45, 7) is 1.91. The van der Waals surface area contributed by atoms with Crippen LogP contribution in [0.25, 0.3) is 22.3 Å². The number of esters is 1. The van der Waals surface area contributed by atoms with Gasteiger partial charge < -0.3 is 0 Å². The number of cyclic esters (lactones) is 1. The van der Waals surface area contributed by atoms with Gasteiger partial charge in [0.25, 0.3) is 0 Å². The number of aryl methyl sites for hydroxylation is 1. The number of carbonyl (C=O) groups excluding carboxylic acids is 1. The average Bonchev–Trinajstić information content (AvgIpc) is 3.36. The zero-order chi connectivity index (χ0) is 30.6. The van der Waals surface area contributed by atoms with Gasteiger partial charge in [-0.1, -0.05) is 0 Å². The molecule has 0 radical (unpaired) electrons. The normalized spacial score (nSPS) is 17.8. The second kappa shape index (κ2) is 11.0. The van der Waals surface area contributed by atoms with Gasteiger partial charge in [0.05, 0.1) is 0 Å². The Labute approximate surface area is 254 Å². The number of benzene rings is 2. The number of aliphatic hydroxyl groups is 1. The molecule has 0 saturated carbocycles. The van der Waals surface area contributed by atoms with Crippen molar-refractivity contribution in [2.24, 2.45) is 0 Å². The third kappa shape index (κ3) is 5.25. The van der Waals surface area contributed by atoms with Gasteiger partial charge in [0.1, 0.15) is 0 Å². The van der Waals surface area contributed by atoms with Crippen molar-refractivity contribution in [3.63, 3.8) is 0 Å². The number of pyridine rings is 2. The molecule has 0 saturated heterocycles. The van der Waals surface area contributed by atoms with E-state index in [-0.39, 0.29) is 24.3 Å². The zero-order valence-electron chi connectivity index (χ0n) is 24.7. The molecular formula is C33H36GeN2O6S. The Morgan fingerprint density at radius 2 is 1.74 bits per heavy atom. The van der Waals surface area contributed by atoms with E-state index in [4.69, 9.17) is 9.72 Å². The van der Waals surface area contributed by atoms with Gasteiger partial charge in [0, 0.05) is 0 Å². The van der Waals surface area contributed by atoms with Gasteiger partial charge in [0.2, 0.25) is 0 Å². The molecule has 2 aromatic heterocycles. The molecule has 0 amide bonds. The molecule has 2 aliphatic rings. The topological polar surface area (TPSA) is 116 Å². The molecule has 0 fully saturated rings. The second-order valence-corrected chi connectivity index (χ2v) is 25.7. The Hall–Kier alpha value is -3.28. The molecule has 0 bridgehead atoms. The predicted octanol–water partition coefficient (Wildman–Crippen LogP) is 5.19. The van der Waals surface area contributed by atoms with E-state index in [0.29, 0.717) is 40.4 Å². The first kappa shape index (κ1) is 29.8. The van der Waals surface area contributed by atoms with Crippen LogP contribution in [0.2, 0.25) is 22.0 Å². The minimum absolute atomic E-state index is 0.0962. The number of nitrogens with zero attached hydrogens (tertiary/aromatic N) is 2. The van der Waals surface area contributed by atoms with Crippen molar-refractivity contribution in [2.45, 2.75) is 71.9 Å². The maximum absolute atomic E-state index is 13.7. The molecule has 10 heteroatoms. The number of para-hydroxylation sites is 1. The van der Waals surface area contributed by atoms with Crippen LogP contribution in [0.5, 0.6) is 0 Å². The van der Waals surface area contributed by atoms with Gasteiger partial charge >= 0.3 is 255 Å². The van der Waals surface area contributed by atoms with Crippen LogP contribution in [0.3, 0.4) is 0 Å². The number of aromatic nitrogens is 2. The summed E-state index contributed by atoms with van der Waals surface area (Å²) in [6.07, 6.45) is 1.55. The first-order chi connectivity index (χ1) is 20.4. The minimum atomic E-state index is -3.30. The summed E-state index contributed by atoms with van der Waals surface area (Å²) in [4.78, 5) is 31.6. The van der Waals surface area contributed by atoms with Crippen LogP contribution in [0.4, 0.5) is 0 Å². The van der Waals surface area contributed by atoms with E-state index in [1.807, 2.05) is 24.3 Å². The van der Waals surface area contributed by atoms with Crippen LogP contribution < -0.4 is 5.56 Å². The monoisotopic (exact) mass is 662 g/mol. The molecule has 2 aromatic carbocycles. The molecule has 4 aromatic rings. The summed E-state index contributed by atoms with van der Waals surface area (Å²) in [7, 11) is -3.30.